The van der Waals surface area contributed by atoms with E-state index in [9.17, 15) is 4.79 Å². The average Bonchev–Trinajstić information content (AvgIpc) is 2.37. The molecule has 18 heavy (non-hydrogen) atoms. The Bertz CT molecular complexity index is 569. The van der Waals surface area contributed by atoms with Crippen LogP contribution in [0.15, 0.2) is 35.2 Å². The van der Waals surface area contributed by atoms with Crippen LogP contribution in [0.5, 0.6) is 0 Å². The smallest absolute Gasteiger partial charge is 0.168 e. The predicted molar refractivity (Wildman–Crippen MR) is 72.9 cm³/mol. The van der Waals surface area contributed by atoms with Crippen molar-refractivity contribution >= 4 is 18.0 Å². The van der Waals surface area contributed by atoms with Gasteiger partial charge in [-0.05, 0) is 31.5 Å². The van der Waals surface area contributed by atoms with Crippen LogP contribution in [0.25, 0.3) is 0 Å². The van der Waals surface area contributed by atoms with Crippen LogP contribution >= 0.6 is 11.8 Å². The van der Waals surface area contributed by atoms with Crippen molar-refractivity contribution in [3.8, 4) is 0 Å². The van der Waals surface area contributed by atoms with Crippen molar-refractivity contribution in [3.05, 3.63) is 53.1 Å². The third kappa shape index (κ3) is 3.17. The van der Waals surface area contributed by atoms with Crippen molar-refractivity contribution < 1.29 is 4.79 Å². The molecule has 2 rings (SSSR count). The maximum Gasteiger partial charge on any atom is 0.168 e. The summed E-state index contributed by atoms with van der Waals surface area (Å²) in [6, 6.07) is 9.89. The molecule has 0 atom stereocenters. The molecule has 92 valence electrons. The maximum absolute atomic E-state index is 10.7. The van der Waals surface area contributed by atoms with Gasteiger partial charge < -0.3 is 0 Å². The summed E-state index contributed by atoms with van der Waals surface area (Å²) in [6.07, 6.45) is 0.761. The van der Waals surface area contributed by atoms with Gasteiger partial charge in [0.1, 0.15) is 11.5 Å². The van der Waals surface area contributed by atoms with E-state index in [0.29, 0.717) is 17.3 Å². The standard InChI is InChI=1S/C14H14N2OS/c1-10-5-3-4-6-13(10)18-9-14-15-11(2)7-12(8-17)16-14/h3-8H,9H2,1-2H3. The second kappa shape index (κ2) is 5.78. The Morgan fingerprint density at radius 3 is 2.72 bits per heavy atom. The molecule has 0 fully saturated rings. The van der Waals surface area contributed by atoms with E-state index in [1.54, 1.807) is 17.8 Å². The van der Waals surface area contributed by atoms with Crippen LogP contribution < -0.4 is 0 Å². The molecule has 0 saturated heterocycles. The highest BCUT2D eigenvalue weighted by molar-refractivity contribution is 7.98. The van der Waals surface area contributed by atoms with E-state index in [4.69, 9.17) is 0 Å². The average molecular weight is 258 g/mol. The number of rotatable bonds is 4. The largest absolute Gasteiger partial charge is 0.296 e. The van der Waals surface area contributed by atoms with Crippen LogP contribution in [0.2, 0.25) is 0 Å². The first kappa shape index (κ1) is 12.8. The van der Waals surface area contributed by atoms with Crippen LogP contribution in [-0.4, -0.2) is 16.3 Å². The fourth-order valence-electron chi connectivity index (χ4n) is 1.64. The van der Waals surface area contributed by atoms with Crippen LogP contribution in [0.4, 0.5) is 0 Å². The summed E-state index contributed by atoms with van der Waals surface area (Å²) in [7, 11) is 0. The van der Waals surface area contributed by atoms with Crippen LogP contribution in [-0.2, 0) is 5.75 Å². The van der Waals surface area contributed by atoms with Gasteiger partial charge in [0.05, 0.1) is 5.75 Å². The molecule has 4 heteroatoms. The molecule has 0 saturated carbocycles. The van der Waals surface area contributed by atoms with E-state index in [-0.39, 0.29) is 0 Å². The van der Waals surface area contributed by atoms with Gasteiger partial charge in [0.2, 0.25) is 0 Å². The lowest BCUT2D eigenvalue weighted by atomic mass is 10.2. The summed E-state index contributed by atoms with van der Waals surface area (Å²) in [5, 5.41) is 0. The third-order valence-electron chi connectivity index (χ3n) is 2.49. The predicted octanol–water partition coefficient (Wildman–Crippen LogP) is 3.20. The van der Waals surface area contributed by atoms with Gasteiger partial charge in [0.25, 0.3) is 0 Å². The van der Waals surface area contributed by atoms with E-state index < -0.39 is 0 Å². The number of aromatic nitrogens is 2. The molecular formula is C14H14N2OS. The van der Waals surface area contributed by atoms with Gasteiger partial charge in [-0.1, -0.05) is 18.2 Å². The monoisotopic (exact) mass is 258 g/mol. The lowest BCUT2D eigenvalue weighted by molar-refractivity contribution is 0.111. The number of nitrogens with zero attached hydrogens (tertiary/aromatic N) is 2. The SMILES string of the molecule is Cc1cc(C=O)nc(CSc2ccccc2C)n1. The Balaban J connectivity index is 2.13. The number of benzene rings is 1. The van der Waals surface area contributed by atoms with E-state index in [2.05, 4.69) is 29.0 Å². The minimum Gasteiger partial charge on any atom is -0.296 e. The summed E-state index contributed by atoms with van der Waals surface area (Å²) in [6.45, 7) is 3.95. The van der Waals surface area contributed by atoms with Gasteiger partial charge in [-0.25, -0.2) is 9.97 Å². The first-order valence-electron chi connectivity index (χ1n) is 5.67. The number of aldehydes is 1. The van der Waals surface area contributed by atoms with Crippen molar-refractivity contribution in [2.75, 3.05) is 0 Å². The Kier molecular flexibility index (Phi) is 4.10. The Labute approximate surface area is 111 Å². The summed E-state index contributed by atoms with van der Waals surface area (Å²) >= 11 is 1.69. The summed E-state index contributed by atoms with van der Waals surface area (Å²) in [5.41, 5.74) is 2.51. The van der Waals surface area contributed by atoms with Crippen molar-refractivity contribution in [2.45, 2.75) is 24.5 Å². The first-order chi connectivity index (χ1) is 8.69. The molecule has 0 aliphatic heterocycles. The van der Waals surface area contributed by atoms with Crippen molar-refractivity contribution in [1.82, 2.24) is 9.97 Å². The highest BCUT2D eigenvalue weighted by Gasteiger charge is 2.04. The molecule has 0 radical (unpaired) electrons. The minimum absolute atomic E-state index is 0.447. The number of carbonyl (C=O) groups is 1. The zero-order chi connectivity index (χ0) is 13.0. The Morgan fingerprint density at radius 1 is 1.22 bits per heavy atom. The van der Waals surface area contributed by atoms with E-state index in [1.807, 2.05) is 19.1 Å². The van der Waals surface area contributed by atoms with Gasteiger partial charge in [-0.15, -0.1) is 11.8 Å². The molecule has 0 amide bonds. The van der Waals surface area contributed by atoms with Gasteiger partial charge in [0, 0.05) is 10.6 Å². The molecule has 0 aliphatic carbocycles. The van der Waals surface area contributed by atoms with E-state index in [0.717, 1.165) is 12.0 Å². The lowest BCUT2D eigenvalue weighted by Gasteiger charge is -2.05. The first-order valence-corrected chi connectivity index (χ1v) is 6.66. The molecule has 0 spiro atoms. The van der Waals surface area contributed by atoms with E-state index in [1.165, 1.54) is 10.5 Å². The zero-order valence-corrected chi connectivity index (χ0v) is 11.2. The zero-order valence-electron chi connectivity index (χ0n) is 10.4. The van der Waals surface area contributed by atoms with Crippen LogP contribution in [0, 0.1) is 13.8 Å². The maximum atomic E-state index is 10.7. The van der Waals surface area contributed by atoms with Gasteiger partial charge in [0.15, 0.2) is 6.29 Å². The topological polar surface area (TPSA) is 42.9 Å². The molecule has 1 heterocycles. The Morgan fingerprint density at radius 2 is 2.00 bits per heavy atom. The molecule has 3 nitrogen and oxygen atoms in total. The van der Waals surface area contributed by atoms with Gasteiger partial charge >= 0.3 is 0 Å². The number of hydrogen-bond acceptors (Lipinski definition) is 4. The molecule has 0 N–H and O–H groups in total. The molecular weight excluding hydrogens is 244 g/mol. The summed E-state index contributed by atoms with van der Waals surface area (Å²) < 4.78 is 0. The molecule has 2 aromatic rings. The fourth-order valence-corrected chi connectivity index (χ4v) is 2.53. The third-order valence-corrected chi connectivity index (χ3v) is 3.66. The Hall–Kier alpha value is -1.68. The van der Waals surface area contributed by atoms with Crippen molar-refractivity contribution in [3.63, 3.8) is 0 Å². The second-order valence-electron chi connectivity index (χ2n) is 4.02. The normalized spacial score (nSPS) is 10.3. The number of hydrogen-bond donors (Lipinski definition) is 0. The van der Waals surface area contributed by atoms with Crippen molar-refractivity contribution in [2.24, 2.45) is 0 Å². The summed E-state index contributed by atoms with van der Waals surface area (Å²) in [5.74, 6) is 1.37. The number of thioether (sulfide) groups is 1. The van der Waals surface area contributed by atoms with Gasteiger partial charge in [-0.3, -0.25) is 4.79 Å². The molecule has 0 bridgehead atoms. The van der Waals surface area contributed by atoms with Crippen LogP contribution in [0.1, 0.15) is 27.6 Å². The van der Waals surface area contributed by atoms with Crippen LogP contribution in [0.3, 0.4) is 0 Å². The fraction of sp³-hybridized carbons (Fsp3) is 0.214. The van der Waals surface area contributed by atoms with Gasteiger partial charge in [-0.2, -0.15) is 0 Å². The quantitative estimate of drug-likeness (QED) is 0.624. The highest BCUT2D eigenvalue weighted by Crippen LogP contribution is 2.24. The second-order valence-corrected chi connectivity index (χ2v) is 5.04. The lowest BCUT2D eigenvalue weighted by Crippen LogP contribution is -1.99. The number of carbonyl (C=O) groups excluding carboxylic acids is 1. The minimum atomic E-state index is 0.447. The molecule has 0 aliphatic rings. The summed E-state index contributed by atoms with van der Waals surface area (Å²) in [4.78, 5) is 20.5. The molecule has 1 aromatic carbocycles. The number of aryl methyl sites for hydroxylation is 2. The molecule has 0 unspecified atom stereocenters. The molecule has 1 aromatic heterocycles. The van der Waals surface area contributed by atoms with E-state index >= 15 is 0 Å². The van der Waals surface area contributed by atoms with Crippen molar-refractivity contribution in [1.29, 1.82) is 0 Å². The highest BCUT2D eigenvalue weighted by atomic mass is 32.2.